The second-order valence-electron chi connectivity index (χ2n) is 4.98. The Morgan fingerprint density at radius 2 is 2.21 bits per heavy atom. The van der Waals surface area contributed by atoms with Crippen molar-refractivity contribution in [3.8, 4) is 0 Å². The molecule has 0 spiro atoms. The van der Waals surface area contributed by atoms with Crippen LogP contribution in [0.1, 0.15) is 24.0 Å². The average molecular weight is 331 g/mol. The number of hydrogen-bond acceptors (Lipinski definition) is 3. The Bertz CT molecular complexity index is 493. The minimum absolute atomic E-state index is 0.200. The van der Waals surface area contributed by atoms with Crippen LogP contribution in [0.4, 0.5) is 4.39 Å². The van der Waals surface area contributed by atoms with Crippen LogP contribution in [0.3, 0.4) is 0 Å². The maximum absolute atomic E-state index is 13.7. The van der Waals surface area contributed by atoms with Gasteiger partial charge in [-0.05, 0) is 37.0 Å². The number of aliphatic hydroxyl groups excluding tert-OH is 1. The van der Waals surface area contributed by atoms with E-state index in [2.05, 4.69) is 15.9 Å². The molecule has 1 saturated carbocycles. The Morgan fingerprint density at radius 1 is 1.53 bits per heavy atom. The first-order chi connectivity index (χ1) is 8.92. The van der Waals surface area contributed by atoms with Crippen LogP contribution in [-0.4, -0.2) is 29.1 Å². The highest BCUT2D eigenvalue weighted by atomic mass is 79.9. The molecule has 1 aliphatic carbocycles. The maximum Gasteiger partial charge on any atom is 0.316 e. The number of rotatable bonds is 2. The number of ether oxygens (including phenoxy) is 1. The molecule has 3 unspecified atom stereocenters. The molecule has 0 amide bonds. The summed E-state index contributed by atoms with van der Waals surface area (Å²) in [6.45, 7) is 1.64. The molecule has 19 heavy (non-hydrogen) atoms. The Hall–Kier alpha value is -0.940. The van der Waals surface area contributed by atoms with Gasteiger partial charge < -0.3 is 9.84 Å². The van der Waals surface area contributed by atoms with Gasteiger partial charge in [-0.25, -0.2) is 4.39 Å². The minimum atomic E-state index is -0.978. The number of esters is 1. The standard InChI is InChI=1S/C14H16BrFO3/c1-8-9(4-3-5-11(8)16)14(13(18)19-2)6-10(15)12(17)7-14/h3-5,10,12,17H,6-7H2,1-2H3. The number of carbonyl (C=O) groups is 1. The predicted molar refractivity (Wildman–Crippen MR) is 72.8 cm³/mol. The van der Waals surface area contributed by atoms with E-state index in [0.29, 0.717) is 17.5 Å². The van der Waals surface area contributed by atoms with E-state index in [1.54, 1.807) is 19.1 Å². The summed E-state index contributed by atoms with van der Waals surface area (Å²) in [5.41, 5.74) is 0.0520. The predicted octanol–water partition coefficient (Wildman–Crippen LogP) is 2.46. The molecule has 1 aromatic rings. The molecule has 0 heterocycles. The van der Waals surface area contributed by atoms with Gasteiger partial charge in [0.15, 0.2) is 0 Å². The highest BCUT2D eigenvalue weighted by Crippen LogP contribution is 2.46. The molecule has 0 saturated heterocycles. The van der Waals surface area contributed by atoms with E-state index in [0.717, 1.165) is 0 Å². The van der Waals surface area contributed by atoms with Gasteiger partial charge >= 0.3 is 5.97 Å². The fraction of sp³-hybridized carbons (Fsp3) is 0.500. The third kappa shape index (κ3) is 2.30. The number of halogens is 2. The fourth-order valence-electron chi connectivity index (χ4n) is 2.85. The normalized spacial score (nSPS) is 30.4. The van der Waals surface area contributed by atoms with Gasteiger partial charge in [0, 0.05) is 4.83 Å². The average Bonchev–Trinajstić information content (AvgIpc) is 2.69. The molecule has 1 N–H and O–H groups in total. The number of methoxy groups -OCH3 is 1. The highest BCUT2D eigenvalue weighted by Gasteiger charge is 2.52. The van der Waals surface area contributed by atoms with Gasteiger partial charge in [0.1, 0.15) is 5.82 Å². The molecule has 1 aromatic carbocycles. The van der Waals surface area contributed by atoms with Crippen LogP contribution in [-0.2, 0) is 14.9 Å². The molecule has 0 bridgehead atoms. The van der Waals surface area contributed by atoms with Crippen molar-refractivity contribution in [1.82, 2.24) is 0 Å². The Morgan fingerprint density at radius 3 is 2.74 bits per heavy atom. The molecule has 104 valence electrons. The van der Waals surface area contributed by atoms with Gasteiger partial charge in [-0.3, -0.25) is 4.79 Å². The van der Waals surface area contributed by atoms with Gasteiger partial charge in [-0.2, -0.15) is 0 Å². The largest absolute Gasteiger partial charge is 0.468 e. The van der Waals surface area contributed by atoms with E-state index in [1.165, 1.54) is 13.2 Å². The maximum atomic E-state index is 13.7. The van der Waals surface area contributed by atoms with Crippen LogP contribution in [0, 0.1) is 12.7 Å². The summed E-state index contributed by atoms with van der Waals surface area (Å²) in [6.07, 6.45) is -0.0212. The van der Waals surface area contributed by atoms with Gasteiger partial charge in [0.2, 0.25) is 0 Å². The van der Waals surface area contributed by atoms with E-state index in [-0.39, 0.29) is 17.1 Å². The van der Waals surface area contributed by atoms with E-state index >= 15 is 0 Å². The number of aliphatic hydroxyl groups is 1. The molecule has 0 radical (unpaired) electrons. The van der Waals surface area contributed by atoms with Crippen LogP contribution in [0.5, 0.6) is 0 Å². The number of hydrogen-bond donors (Lipinski definition) is 1. The van der Waals surface area contributed by atoms with Gasteiger partial charge in [-0.1, -0.05) is 28.1 Å². The minimum Gasteiger partial charge on any atom is -0.468 e. The lowest BCUT2D eigenvalue weighted by atomic mass is 9.76. The summed E-state index contributed by atoms with van der Waals surface area (Å²) < 4.78 is 18.6. The monoisotopic (exact) mass is 330 g/mol. The lowest BCUT2D eigenvalue weighted by Crippen LogP contribution is -2.36. The van der Waals surface area contributed by atoms with Gasteiger partial charge in [0.25, 0.3) is 0 Å². The quantitative estimate of drug-likeness (QED) is 0.669. The molecule has 3 nitrogen and oxygen atoms in total. The zero-order valence-electron chi connectivity index (χ0n) is 10.8. The Balaban J connectivity index is 2.57. The topological polar surface area (TPSA) is 46.5 Å². The summed E-state index contributed by atoms with van der Waals surface area (Å²) >= 11 is 3.37. The smallest absolute Gasteiger partial charge is 0.316 e. The zero-order chi connectivity index (χ0) is 14.2. The third-order valence-electron chi connectivity index (χ3n) is 3.88. The third-order valence-corrected chi connectivity index (χ3v) is 4.81. The zero-order valence-corrected chi connectivity index (χ0v) is 12.4. The van der Waals surface area contributed by atoms with Crippen molar-refractivity contribution in [3.63, 3.8) is 0 Å². The molecule has 1 aliphatic rings. The van der Waals surface area contributed by atoms with Crippen molar-refractivity contribution in [2.24, 2.45) is 0 Å². The first-order valence-corrected chi connectivity index (χ1v) is 7.00. The molecule has 0 aromatic heterocycles. The van der Waals surface area contributed by atoms with Gasteiger partial charge in [-0.15, -0.1) is 0 Å². The molecule has 3 atom stereocenters. The van der Waals surface area contributed by atoms with E-state index < -0.39 is 17.5 Å². The summed E-state index contributed by atoms with van der Waals surface area (Å²) in [7, 11) is 1.31. The SMILES string of the molecule is COC(=O)C1(c2cccc(F)c2C)CC(O)C(Br)C1. The van der Waals surface area contributed by atoms with Crippen LogP contribution in [0.2, 0.25) is 0 Å². The van der Waals surface area contributed by atoms with Crippen molar-refractivity contribution in [1.29, 1.82) is 0 Å². The molecule has 1 fully saturated rings. The first kappa shape index (κ1) is 14.5. The second kappa shape index (κ2) is 5.21. The van der Waals surface area contributed by atoms with Crippen LogP contribution < -0.4 is 0 Å². The van der Waals surface area contributed by atoms with Crippen LogP contribution in [0.15, 0.2) is 18.2 Å². The van der Waals surface area contributed by atoms with E-state index in [9.17, 15) is 14.3 Å². The number of alkyl halides is 1. The molecule has 5 heteroatoms. The molecule has 2 rings (SSSR count). The summed E-state index contributed by atoms with van der Waals surface area (Å²) in [6, 6.07) is 4.67. The Kier molecular flexibility index (Phi) is 3.97. The second-order valence-corrected chi connectivity index (χ2v) is 6.15. The summed E-state index contributed by atoms with van der Waals surface area (Å²) in [5, 5.41) is 9.95. The highest BCUT2D eigenvalue weighted by molar-refractivity contribution is 9.09. The van der Waals surface area contributed by atoms with Crippen molar-refractivity contribution >= 4 is 21.9 Å². The van der Waals surface area contributed by atoms with E-state index in [1.807, 2.05) is 0 Å². The first-order valence-electron chi connectivity index (χ1n) is 6.08. The lowest BCUT2D eigenvalue weighted by Gasteiger charge is -2.28. The van der Waals surface area contributed by atoms with Gasteiger partial charge in [0.05, 0.1) is 18.6 Å². The molecular weight excluding hydrogens is 315 g/mol. The van der Waals surface area contributed by atoms with Crippen molar-refractivity contribution in [3.05, 3.63) is 35.1 Å². The fourth-order valence-corrected chi connectivity index (χ4v) is 3.59. The number of benzene rings is 1. The van der Waals surface area contributed by atoms with Crippen molar-refractivity contribution in [2.75, 3.05) is 7.11 Å². The lowest BCUT2D eigenvalue weighted by molar-refractivity contribution is -0.147. The summed E-state index contributed by atoms with van der Waals surface area (Å²) in [5.74, 6) is -0.782. The van der Waals surface area contributed by atoms with Crippen LogP contribution >= 0.6 is 15.9 Å². The number of carbonyl (C=O) groups excluding carboxylic acids is 1. The molecular formula is C14H16BrFO3. The Labute approximate surface area is 119 Å². The van der Waals surface area contributed by atoms with Crippen molar-refractivity contribution < 1.29 is 19.0 Å². The van der Waals surface area contributed by atoms with E-state index in [4.69, 9.17) is 4.74 Å². The summed E-state index contributed by atoms with van der Waals surface area (Å²) in [4.78, 5) is 12.0. The molecule has 0 aliphatic heterocycles. The van der Waals surface area contributed by atoms with Crippen LogP contribution in [0.25, 0.3) is 0 Å². The van der Waals surface area contributed by atoms with Crippen molar-refractivity contribution in [2.45, 2.75) is 36.1 Å².